The summed E-state index contributed by atoms with van der Waals surface area (Å²) in [6.07, 6.45) is 3.00. The van der Waals surface area contributed by atoms with Crippen LogP contribution in [0.25, 0.3) is 5.52 Å². The van der Waals surface area contributed by atoms with Crippen molar-refractivity contribution in [2.45, 2.75) is 0 Å². The molecule has 72 valence electrons. The molecule has 0 fully saturated rings. The van der Waals surface area contributed by atoms with Gasteiger partial charge in [-0.1, -0.05) is 11.6 Å². The van der Waals surface area contributed by atoms with E-state index < -0.39 is 0 Å². The standard InChI is InChI=1S/C8H7ClN4O/c1-10-8(14)5-2-3-13-6(5)7(9)11-4-12-13/h2-4H,1H3,(H,10,14). The van der Waals surface area contributed by atoms with Crippen LogP contribution in [0.5, 0.6) is 0 Å². The Morgan fingerprint density at radius 3 is 3.14 bits per heavy atom. The SMILES string of the molecule is CNC(=O)c1ccn2ncnc(Cl)c12. The number of nitrogens with one attached hydrogen (secondary N) is 1. The maximum Gasteiger partial charge on any atom is 0.253 e. The third-order valence-corrected chi connectivity index (χ3v) is 2.16. The van der Waals surface area contributed by atoms with Crippen LogP contribution in [0.1, 0.15) is 10.4 Å². The summed E-state index contributed by atoms with van der Waals surface area (Å²) in [6, 6.07) is 1.65. The predicted molar refractivity (Wildman–Crippen MR) is 51.4 cm³/mol. The van der Waals surface area contributed by atoms with E-state index in [9.17, 15) is 4.79 Å². The van der Waals surface area contributed by atoms with Gasteiger partial charge in [-0.3, -0.25) is 4.79 Å². The number of carbonyl (C=O) groups is 1. The average Bonchev–Trinajstić information content (AvgIpc) is 2.62. The third kappa shape index (κ3) is 1.22. The fourth-order valence-corrected chi connectivity index (χ4v) is 1.47. The molecule has 5 nitrogen and oxygen atoms in total. The van der Waals surface area contributed by atoms with Gasteiger partial charge >= 0.3 is 0 Å². The third-order valence-electron chi connectivity index (χ3n) is 1.88. The van der Waals surface area contributed by atoms with E-state index in [0.717, 1.165) is 0 Å². The number of carbonyl (C=O) groups excluding carboxylic acids is 1. The van der Waals surface area contributed by atoms with Crippen LogP contribution in [-0.2, 0) is 0 Å². The Hall–Kier alpha value is -1.62. The highest BCUT2D eigenvalue weighted by molar-refractivity contribution is 6.33. The minimum atomic E-state index is -0.204. The quantitative estimate of drug-likeness (QED) is 0.756. The van der Waals surface area contributed by atoms with E-state index in [2.05, 4.69) is 15.4 Å². The van der Waals surface area contributed by atoms with Gasteiger partial charge in [0.2, 0.25) is 0 Å². The molecule has 0 aliphatic rings. The van der Waals surface area contributed by atoms with E-state index >= 15 is 0 Å². The Balaban J connectivity index is 2.73. The molecule has 0 atom stereocenters. The number of aromatic nitrogens is 3. The average molecular weight is 211 g/mol. The molecule has 2 aromatic heterocycles. The van der Waals surface area contributed by atoms with Gasteiger partial charge in [0, 0.05) is 13.2 Å². The number of rotatable bonds is 1. The summed E-state index contributed by atoms with van der Waals surface area (Å²) in [5.74, 6) is -0.204. The minimum absolute atomic E-state index is 0.204. The van der Waals surface area contributed by atoms with Crippen molar-refractivity contribution in [3.05, 3.63) is 29.3 Å². The van der Waals surface area contributed by atoms with Crippen molar-refractivity contribution in [3.8, 4) is 0 Å². The van der Waals surface area contributed by atoms with Crippen molar-refractivity contribution in [2.24, 2.45) is 0 Å². The molecule has 1 N–H and O–H groups in total. The molecule has 0 saturated heterocycles. The van der Waals surface area contributed by atoms with Gasteiger partial charge in [0.1, 0.15) is 11.8 Å². The molecule has 0 unspecified atom stereocenters. The molecule has 1 amide bonds. The molecular weight excluding hydrogens is 204 g/mol. The van der Waals surface area contributed by atoms with Gasteiger partial charge in [-0.15, -0.1) is 0 Å². The van der Waals surface area contributed by atoms with Crippen LogP contribution < -0.4 is 5.32 Å². The fourth-order valence-electron chi connectivity index (χ4n) is 1.24. The highest BCUT2D eigenvalue weighted by Gasteiger charge is 2.13. The maximum atomic E-state index is 11.4. The number of fused-ring (bicyclic) bond motifs is 1. The Morgan fingerprint density at radius 1 is 1.64 bits per heavy atom. The summed E-state index contributed by atoms with van der Waals surface area (Å²) in [7, 11) is 1.56. The smallest absolute Gasteiger partial charge is 0.253 e. The topological polar surface area (TPSA) is 59.3 Å². The van der Waals surface area contributed by atoms with Crippen LogP contribution in [0.4, 0.5) is 0 Å². The molecule has 2 aromatic rings. The number of nitrogens with zero attached hydrogens (tertiary/aromatic N) is 3. The lowest BCUT2D eigenvalue weighted by Gasteiger charge is -1.98. The molecule has 6 heteroatoms. The zero-order valence-electron chi connectivity index (χ0n) is 7.36. The molecule has 0 spiro atoms. The summed E-state index contributed by atoms with van der Waals surface area (Å²) in [5, 5.41) is 6.71. The first-order valence-electron chi connectivity index (χ1n) is 3.94. The normalized spacial score (nSPS) is 10.4. The molecule has 0 aromatic carbocycles. The Bertz CT molecular complexity index is 493. The zero-order chi connectivity index (χ0) is 10.1. The molecule has 0 radical (unpaired) electrons. The summed E-state index contributed by atoms with van der Waals surface area (Å²) in [4.78, 5) is 15.2. The van der Waals surface area contributed by atoms with Crippen LogP contribution in [-0.4, -0.2) is 27.6 Å². The van der Waals surface area contributed by atoms with Gasteiger partial charge in [0.25, 0.3) is 5.91 Å². The molecule has 2 heterocycles. The summed E-state index contributed by atoms with van der Waals surface area (Å²) in [6.45, 7) is 0. The Kier molecular flexibility index (Phi) is 2.09. The number of hydrogen-bond acceptors (Lipinski definition) is 3. The van der Waals surface area contributed by atoms with Gasteiger partial charge in [-0.2, -0.15) is 5.10 Å². The Morgan fingerprint density at radius 2 is 2.43 bits per heavy atom. The summed E-state index contributed by atoms with van der Waals surface area (Å²) >= 11 is 5.85. The monoisotopic (exact) mass is 210 g/mol. The summed E-state index contributed by atoms with van der Waals surface area (Å²) < 4.78 is 1.51. The summed E-state index contributed by atoms with van der Waals surface area (Å²) in [5.41, 5.74) is 0.992. The van der Waals surface area contributed by atoms with Gasteiger partial charge < -0.3 is 5.32 Å². The second-order valence-electron chi connectivity index (χ2n) is 2.65. The van der Waals surface area contributed by atoms with Gasteiger partial charge in [-0.05, 0) is 6.07 Å². The molecular formula is C8H7ClN4O. The van der Waals surface area contributed by atoms with E-state index in [1.54, 1.807) is 19.3 Å². The van der Waals surface area contributed by atoms with Crippen molar-refractivity contribution in [3.63, 3.8) is 0 Å². The van der Waals surface area contributed by atoms with Gasteiger partial charge in [0.05, 0.1) is 5.56 Å². The molecule has 0 aliphatic carbocycles. The molecule has 0 aliphatic heterocycles. The number of amides is 1. The molecule has 14 heavy (non-hydrogen) atoms. The van der Waals surface area contributed by atoms with E-state index in [4.69, 9.17) is 11.6 Å². The van der Waals surface area contributed by atoms with Crippen molar-refractivity contribution in [2.75, 3.05) is 7.05 Å². The van der Waals surface area contributed by atoms with Crippen molar-refractivity contribution < 1.29 is 4.79 Å². The number of halogens is 1. The maximum absolute atomic E-state index is 11.4. The zero-order valence-corrected chi connectivity index (χ0v) is 8.12. The second-order valence-corrected chi connectivity index (χ2v) is 3.01. The molecule has 0 saturated carbocycles. The molecule has 0 bridgehead atoms. The lowest BCUT2D eigenvalue weighted by Crippen LogP contribution is -2.17. The predicted octanol–water partition coefficient (Wildman–Crippen LogP) is 0.742. The lowest BCUT2D eigenvalue weighted by molar-refractivity contribution is 0.0965. The van der Waals surface area contributed by atoms with Crippen LogP contribution in [0.15, 0.2) is 18.6 Å². The highest BCUT2D eigenvalue weighted by atomic mass is 35.5. The van der Waals surface area contributed by atoms with Crippen LogP contribution >= 0.6 is 11.6 Å². The van der Waals surface area contributed by atoms with Gasteiger partial charge in [0.15, 0.2) is 5.15 Å². The Labute approximate surface area is 84.7 Å². The van der Waals surface area contributed by atoms with Crippen LogP contribution in [0, 0.1) is 0 Å². The first kappa shape index (κ1) is 8.96. The van der Waals surface area contributed by atoms with E-state index in [-0.39, 0.29) is 11.1 Å². The minimum Gasteiger partial charge on any atom is -0.355 e. The first-order valence-corrected chi connectivity index (χ1v) is 4.31. The number of hydrogen-bond donors (Lipinski definition) is 1. The van der Waals surface area contributed by atoms with Crippen molar-refractivity contribution in [1.82, 2.24) is 19.9 Å². The van der Waals surface area contributed by atoms with E-state index in [1.807, 2.05) is 0 Å². The van der Waals surface area contributed by atoms with Crippen LogP contribution in [0.3, 0.4) is 0 Å². The van der Waals surface area contributed by atoms with Crippen molar-refractivity contribution >= 4 is 23.0 Å². The first-order chi connectivity index (χ1) is 6.74. The lowest BCUT2D eigenvalue weighted by atomic mass is 10.3. The highest BCUT2D eigenvalue weighted by Crippen LogP contribution is 2.18. The van der Waals surface area contributed by atoms with Gasteiger partial charge in [-0.25, -0.2) is 9.50 Å². The second kappa shape index (κ2) is 3.26. The molecule has 2 rings (SSSR count). The van der Waals surface area contributed by atoms with Crippen molar-refractivity contribution in [1.29, 1.82) is 0 Å². The van der Waals surface area contributed by atoms with Crippen LogP contribution in [0.2, 0.25) is 5.15 Å². The van der Waals surface area contributed by atoms with E-state index in [0.29, 0.717) is 11.1 Å². The fraction of sp³-hybridized carbons (Fsp3) is 0.125. The largest absolute Gasteiger partial charge is 0.355 e. The van der Waals surface area contributed by atoms with E-state index in [1.165, 1.54) is 10.8 Å².